The molecule has 0 saturated carbocycles. The fourth-order valence-corrected chi connectivity index (χ4v) is 2.63. The molecular formula is C15H17N3OS. The topological polar surface area (TPSA) is 58.7 Å². The van der Waals surface area contributed by atoms with Gasteiger partial charge in [0.1, 0.15) is 0 Å². The van der Waals surface area contributed by atoms with E-state index >= 15 is 0 Å². The summed E-state index contributed by atoms with van der Waals surface area (Å²) in [5.74, 6) is 0.814. The minimum Gasteiger partial charge on any atom is -0.287 e. The second-order valence-electron chi connectivity index (χ2n) is 5.00. The van der Waals surface area contributed by atoms with Crippen LogP contribution in [0.3, 0.4) is 0 Å². The summed E-state index contributed by atoms with van der Waals surface area (Å²) in [6.45, 7) is 4.89. The van der Waals surface area contributed by atoms with Crippen LogP contribution in [-0.4, -0.2) is 15.3 Å². The van der Waals surface area contributed by atoms with Crippen molar-refractivity contribution < 1.29 is 0 Å². The van der Waals surface area contributed by atoms with Gasteiger partial charge in [-0.25, -0.2) is 4.98 Å². The van der Waals surface area contributed by atoms with E-state index < -0.39 is 0 Å². The molecule has 104 valence electrons. The molecule has 0 atom stereocenters. The molecule has 2 aromatic rings. The lowest BCUT2D eigenvalue weighted by atomic mass is 10.1. The molecule has 2 rings (SSSR count). The van der Waals surface area contributed by atoms with E-state index in [0.29, 0.717) is 34.3 Å². The Hall–Kier alpha value is -1.80. The van der Waals surface area contributed by atoms with Gasteiger partial charge in [0.25, 0.3) is 5.56 Å². The van der Waals surface area contributed by atoms with Crippen LogP contribution in [0.2, 0.25) is 0 Å². The average Bonchev–Trinajstić information content (AvgIpc) is 2.44. The zero-order valence-electron chi connectivity index (χ0n) is 11.7. The monoisotopic (exact) mass is 287 g/mol. The fourth-order valence-electron chi connectivity index (χ4n) is 1.94. The average molecular weight is 287 g/mol. The lowest BCUT2D eigenvalue weighted by molar-refractivity contribution is 0.481. The van der Waals surface area contributed by atoms with Crippen molar-refractivity contribution in [3.63, 3.8) is 0 Å². The van der Waals surface area contributed by atoms with Crippen molar-refractivity contribution in [2.75, 3.05) is 5.75 Å². The summed E-state index contributed by atoms with van der Waals surface area (Å²) in [5, 5.41) is 10.0. The van der Waals surface area contributed by atoms with Crippen LogP contribution in [0.1, 0.15) is 20.3 Å². The van der Waals surface area contributed by atoms with E-state index in [0.717, 1.165) is 6.42 Å². The molecule has 0 aliphatic rings. The summed E-state index contributed by atoms with van der Waals surface area (Å²) in [5.41, 5.74) is 0.676. The van der Waals surface area contributed by atoms with Gasteiger partial charge in [0, 0.05) is 6.54 Å². The van der Waals surface area contributed by atoms with E-state index in [1.165, 1.54) is 11.8 Å². The predicted octanol–water partition coefficient (Wildman–Crippen LogP) is 3.06. The van der Waals surface area contributed by atoms with Gasteiger partial charge in [-0.3, -0.25) is 9.36 Å². The van der Waals surface area contributed by atoms with E-state index in [-0.39, 0.29) is 5.56 Å². The number of hydrogen-bond acceptors (Lipinski definition) is 4. The molecule has 0 fully saturated rings. The van der Waals surface area contributed by atoms with Crippen LogP contribution >= 0.6 is 11.8 Å². The Bertz CT molecular complexity index is 700. The molecule has 0 aliphatic heterocycles. The van der Waals surface area contributed by atoms with Crippen molar-refractivity contribution >= 4 is 22.7 Å². The number of nitriles is 1. The fraction of sp³-hybridized carbons (Fsp3) is 0.400. The van der Waals surface area contributed by atoms with Gasteiger partial charge in [0.15, 0.2) is 5.16 Å². The van der Waals surface area contributed by atoms with Crippen LogP contribution in [0.4, 0.5) is 0 Å². The lowest BCUT2D eigenvalue weighted by Gasteiger charge is -2.13. The molecule has 0 aliphatic carbocycles. The van der Waals surface area contributed by atoms with Crippen molar-refractivity contribution in [2.24, 2.45) is 5.92 Å². The molecule has 4 nitrogen and oxygen atoms in total. The molecule has 0 amide bonds. The number of fused-ring (bicyclic) bond motifs is 1. The molecule has 0 N–H and O–H groups in total. The second-order valence-corrected chi connectivity index (χ2v) is 5.94. The van der Waals surface area contributed by atoms with Crippen molar-refractivity contribution in [3.8, 4) is 6.07 Å². The molecular weight excluding hydrogens is 270 g/mol. The minimum atomic E-state index is -0.0170. The highest BCUT2D eigenvalue weighted by molar-refractivity contribution is 7.99. The van der Waals surface area contributed by atoms with Crippen LogP contribution in [-0.2, 0) is 6.54 Å². The van der Waals surface area contributed by atoms with E-state index in [9.17, 15) is 4.79 Å². The highest BCUT2D eigenvalue weighted by Crippen LogP contribution is 2.18. The van der Waals surface area contributed by atoms with E-state index in [1.54, 1.807) is 10.6 Å². The zero-order valence-corrected chi connectivity index (χ0v) is 12.5. The van der Waals surface area contributed by atoms with Gasteiger partial charge in [0.05, 0.1) is 22.7 Å². The van der Waals surface area contributed by atoms with E-state index in [4.69, 9.17) is 5.26 Å². The van der Waals surface area contributed by atoms with E-state index in [2.05, 4.69) is 24.9 Å². The molecule has 20 heavy (non-hydrogen) atoms. The highest BCUT2D eigenvalue weighted by atomic mass is 32.2. The number of benzene rings is 1. The van der Waals surface area contributed by atoms with Crippen molar-refractivity contribution in [1.29, 1.82) is 5.26 Å². The molecule has 0 saturated heterocycles. The summed E-state index contributed by atoms with van der Waals surface area (Å²) in [4.78, 5) is 17.1. The van der Waals surface area contributed by atoms with Gasteiger partial charge in [-0.15, -0.1) is 0 Å². The molecule has 0 radical (unpaired) electrons. The summed E-state index contributed by atoms with van der Waals surface area (Å²) >= 11 is 1.32. The smallest absolute Gasteiger partial charge is 0.262 e. The van der Waals surface area contributed by atoms with Gasteiger partial charge in [-0.1, -0.05) is 37.7 Å². The summed E-state index contributed by atoms with van der Waals surface area (Å²) in [6.07, 6.45) is 0.917. The molecule has 0 bridgehead atoms. The van der Waals surface area contributed by atoms with Crippen molar-refractivity contribution in [2.45, 2.75) is 32.0 Å². The SMILES string of the molecule is CC(C)CCn1c(SCC#N)nc2ccccc2c1=O. The van der Waals surface area contributed by atoms with Crippen molar-refractivity contribution in [1.82, 2.24) is 9.55 Å². The van der Waals surface area contributed by atoms with Crippen LogP contribution in [0.25, 0.3) is 10.9 Å². The third-order valence-corrected chi connectivity index (χ3v) is 3.87. The summed E-state index contributed by atoms with van der Waals surface area (Å²) in [6, 6.07) is 9.43. The summed E-state index contributed by atoms with van der Waals surface area (Å²) < 4.78 is 1.70. The number of thioether (sulfide) groups is 1. The van der Waals surface area contributed by atoms with Crippen LogP contribution in [0.15, 0.2) is 34.2 Å². The van der Waals surface area contributed by atoms with Gasteiger partial charge >= 0.3 is 0 Å². The summed E-state index contributed by atoms with van der Waals surface area (Å²) in [7, 11) is 0. The van der Waals surface area contributed by atoms with Gasteiger partial charge in [0.2, 0.25) is 0 Å². The second kappa shape index (κ2) is 6.58. The Kier molecular flexibility index (Phi) is 4.80. The number of rotatable bonds is 5. The third kappa shape index (κ3) is 3.20. The molecule has 5 heteroatoms. The van der Waals surface area contributed by atoms with Gasteiger partial charge < -0.3 is 0 Å². The Morgan fingerprint density at radius 3 is 2.85 bits per heavy atom. The lowest BCUT2D eigenvalue weighted by Crippen LogP contribution is -2.24. The van der Waals surface area contributed by atoms with Crippen LogP contribution in [0.5, 0.6) is 0 Å². The minimum absolute atomic E-state index is 0.0170. The Balaban J connectivity index is 2.52. The maximum atomic E-state index is 12.6. The first-order valence-corrected chi connectivity index (χ1v) is 7.61. The highest BCUT2D eigenvalue weighted by Gasteiger charge is 2.11. The van der Waals surface area contributed by atoms with Gasteiger partial charge in [-0.2, -0.15) is 5.26 Å². The standard InChI is InChI=1S/C15H17N3OS/c1-11(2)7-9-18-14(19)12-5-3-4-6-13(12)17-15(18)20-10-8-16/h3-6,11H,7,9-10H2,1-2H3. The molecule has 1 aromatic carbocycles. The Morgan fingerprint density at radius 2 is 2.15 bits per heavy atom. The first-order valence-electron chi connectivity index (χ1n) is 6.63. The third-order valence-electron chi connectivity index (χ3n) is 3.02. The molecule has 0 spiro atoms. The molecule has 1 heterocycles. The first-order chi connectivity index (χ1) is 9.63. The Morgan fingerprint density at radius 1 is 1.40 bits per heavy atom. The zero-order chi connectivity index (χ0) is 14.5. The van der Waals surface area contributed by atoms with E-state index in [1.807, 2.05) is 18.2 Å². The largest absolute Gasteiger partial charge is 0.287 e. The maximum Gasteiger partial charge on any atom is 0.262 e. The quantitative estimate of drug-likeness (QED) is 0.626. The van der Waals surface area contributed by atoms with Crippen molar-refractivity contribution in [3.05, 3.63) is 34.6 Å². The van der Waals surface area contributed by atoms with Crippen LogP contribution < -0.4 is 5.56 Å². The maximum absolute atomic E-state index is 12.6. The first kappa shape index (κ1) is 14.6. The number of hydrogen-bond donors (Lipinski definition) is 0. The predicted molar refractivity (Wildman–Crippen MR) is 81.8 cm³/mol. The normalized spacial score (nSPS) is 10.9. The van der Waals surface area contributed by atoms with Gasteiger partial charge in [-0.05, 0) is 24.5 Å². The molecule has 1 aromatic heterocycles. The number of nitrogens with zero attached hydrogens (tertiary/aromatic N) is 3. The number of para-hydroxylation sites is 1. The number of aromatic nitrogens is 2. The Labute approximate surface area is 122 Å². The molecule has 0 unspecified atom stereocenters. The van der Waals surface area contributed by atoms with Crippen LogP contribution in [0, 0.1) is 17.2 Å².